The SMILES string of the molecule is Cc1ccc(CN2CCC3(CC2)COCCN(S(C)(=O)=O)C3)s1. The number of ether oxygens (including phenoxy) is 1. The predicted octanol–water partition coefficient (Wildman–Crippen LogP) is 1.93. The van der Waals surface area contributed by atoms with Gasteiger partial charge in [0.05, 0.1) is 19.5 Å². The first kappa shape index (κ1) is 17.4. The number of aryl methyl sites for hydroxylation is 1. The number of nitrogens with zero attached hydrogens (tertiary/aromatic N) is 2. The van der Waals surface area contributed by atoms with E-state index in [0.717, 1.165) is 32.5 Å². The molecule has 0 radical (unpaired) electrons. The molecule has 0 aliphatic carbocycles. The second-order valence-electron chi connectivity index (χ2n) is 6.94. The standard InChI is InChI=1S/C16H26N2O3S2/c1-14-3-4-15(22-14)11-17-7-5-16(6-8-17)12-18(23(2,19)20)9-10-21-13-16/h3-4H,5-13H2,1-2H3. The van der Waals surface area contributed by atoms with Crippen LogP contribution in [0.1, 0.15) is 22.6 Å². The van der Waals surface area contributed by atoms with Gasteiger partial charge < -0.3 is 4.74 Å². The van der Waals surface area contributed by atoms with Crippen LogP contribution in [0.25, 0.3) is 0 Å². The predicted molar refractivity (Wildman–Crippen MR) is 93.2 cm³/mol. The highest BCUT2D eigenvalue weighted by Gasteiger charge is 2.40. The Morgan fingerprint density at radius 2 is 2.00 bits per heavy atom. The quantitative estimate of drug-likeness (QED) is 0.828. The maximum Gasteiger partial charge on any atom is 0.211 e. The summed E-state index contributed by atoms with van der Waals surface area (Å²) >= 11 is 1.86. The highest BCUT2D eigenvalue weighted by atomic mass is 32.2. The highest BCUT2D eigenvalue weighted by molar-refractivity contribution is 7.88. The van der Waals surface area contributed by atoms with Crippen molar-refractivity contribution in [1.82, 2.24) is 9.21 Å². The molecule has 2 aliphatic heterocycles. The summed E-state index contributed by atoms with van der Waals surface area (Å²) in [6.45, 7) is 7.46. The van der Waals surface area contributed by atoms with Gasteiger partial charge in [-0.2, -0.15) is 4.31 Å². The number of piperidine rings is 1. The van der Waals surface area contributed by atoms with Crippen LogP contribution in [0.5, 0.6) is 0 Å². The van der Waals surface area contributed by atoms with Crippen LogP contribution >= 0.6 is 11.3 Å². The minimum atomic E-state index is -3.14. The Kier molecular flexibility index (Phi) is 5.13. The summed E-state index contributed by atoms with van der Waals surface area (Å²) in [5.41, 5.74) is -0.0125. The van der Waals surface area contributed by atoms with Crippen molar-refractivity contribution in [2.75, 3.05) is 45.6 Å². The number of sulfonamides is 1. The van der Waals surface area contributed by atoms with Crippen LogP contribution in [0, 0.1) is 12.3 Å². The van der Waals surface area contributed by atoms with Crippen molar-refractivity contribution in [2.24, 2.45) is 5.41 Å². The normalized spacial score (nSPS) is 23.9. The fourth-order valence-corrected chi connectivity index (χ4v) is 5.36. The molecule has 0 atom stereocenters. The fourth-order valence-electron chi connectivity index (χ4n) is 3.52. The molecule has 0 bridgehead atoms. The second-order valence-corrected chi connectivity index (χ2v) is 10.3. The van der Waals surface area contributed by atoms with Crippen LogP contribution < -0.4 is 0 Å². The van der Waals surface area contributed by atoms with Gasteiger partial charge in [0.1, 0.15) is 0 Å². The first-order chi connectivity index (χ1) is 10.9. The van der Waals surface area contributed by atoms with Crippen LogP contribution in [0.3, 0.4) is 0 Å². The minimum Gasteiger partial charge on any atom is -0.379 e. The Bertz CT molecular complexity index is 634. The highest BCUT2D eigenvalue weighted by Crippen LogP contribution is 2.35. The molecule has 1 aromatic rings. The monoisotopic (exact) mass is 358 g/mol. The molecule has 1 aromatic heterocycles. The van der Waals surface area contributed by atoms with Gasteiger partial charge in [-0.1, -0.05) is 0 Å². The molecule has 23 heavy (non-hydrogen) atoms. The zero-order chi connectivity index (χ0) is 16.5. The van der Waals surface area contributed by atoms with Crippen LogP contribution in [-0.4, -0.2) is 63.3 Å². The summed E-state index contributed by atoms with van der Waals surface area (Å²) in [7, 11) is -3.14. The summed E-state index contributed by atoms with van der Waals surface area (Å²) in [6.07, 6.45) is 3.31. The van der Waals surface area contributed by atoms with Crippen LogP contribution in [0.15, 0.2) is 12.1 Å². The molecule has 3 heterocycles. The van der Waals surface area contributed by atoms with E-state index in [2.05, 4.69) is 24.0 Å². The molecule has 3 rings (SSSR count). The third-order valence-electron chi connectivity index (χ3n) is 4.97. The zero-order valence-corrected chi connectivity index (χ0v) is 15.6. The topological polar surface area (TPSA) is 49.9 Å². The van der Waals surface area contributed by atoms with Crippen molar-refractivity contribution in [3.63, 3.8) is 0 Å². The molecule has 1 spiro atoms. The van der Waals surface area contributed by atoms with Crippen molar-refractivity contribution >= 4 is 21.4 Å². The summed E-state index contributed by atoms with van der Waals surface area (Å²) in [5.74, 6) is 0. The van der Waals surface area contributed by atoms with Gasteiger partial charge in [0, 0.05) is 34.8 Å². The van der Waals surface area contributed by atoms with Gasteiger partial charge >= 0.3 is 0 Å². The number of thiophene rings is 1. The third kappa shape index (κ3) is 4.33. The maximum absolute atomic E-state index is 11.9. The Morgan fingerprint density at radius 3 is 2.61 bits per heavy atom. The van der Waals surface area contributed by atoms with E-state index in [1.54, 1.807) is 4.31 Å². The lowest BCUT2D eigenvalue weighted by molar-refractivity contribution is 0.0169. The number of hydrogen-bond acceptors (Lipinski definition) is 5. The van der Waals surface area contributed by atoms with Crippen LogP contribution in [0.2, 0.25) is 0 Å². The zero-order valence-electron chi connectivity index (χ0n) is 14.0. The average Bonchev–Trinajstić information content (AvgIpc) is 2.77. The lowest BCUT2D eigenvalue weighted by Gasteiger charge is -2.42. The molecule has 130 valence electrons. The summed E-state index contributed by atoms with van der Waals surface area (Å²) in [5, 5.41) is 0. The van der Waals surface area contributed by atoms with Crippen molar-refractivity contribution in [1.29, 1.82) is 0 Å². The van der Waals surface area contributed by atoms with E-state index in [4.69, 9.17) is 4.74 Å². The number of likely N-dealkylation sites (tertiary alicyclic amines) is 1. The first-order valence-corrected chi connectivity index (χ1v) is 10.8. The second kappa shape index (κ2) is 6.80. The Morgan fingerprint density at radius 1 is 1.26 bits per heavy atom. The molecular weight excluding hydrogens is 332 g/mol. The van der Waals surface area contributed by atoms with E-state index in [0.29, 0.717) is 26.3 Å². The lowest BCUT2D eigenvalue weighted by atomic mass is 9.79. The number of rotatable bonds is 3. The smallest absolute Gasteiger partial charge is 0.211 e. The van der Waals surface area contributed by atoms with E-state index < -0.39 is 10.0 Å². The molecule has 5 nitrogen and oxygen atoms in total. The minimum absolute atomic E-state index is 0.0125. The maximum atomic E-state index is 11.9. The molecule has 2 fully saturated rings. The van der Waals surface area contributed by atoms with Crippen molar-refractivity contribution < 1.29 is 13.2 Å². The van der Waals surface area contributed by atoms with E-state index in [9.17, 15) is 8.42 Å². The Labute approximate surface area is 143 Å². The van der Waals surface area contributed by atoms with Gasteiger partial charge in [-0.25, -0.2) is 8.42 Å². The van der Waals surface area contributed by atoms with E-state index >= 15 is 0 Å². The largest absolute Gasteiger partial charge is 0.379 e. The van der Waals surface area contributed by atoms with E-state index in [1.165, 1.54) is 16.0 Å². The molecule has 2 aliphatic rings. The van der Waals surface area contributed by atoms with Crippen molar-refractivity contribution in [3.05, 3.63) is 21.9 Å². The molecule has 0 saturated carbocycles. The molecular formula is C16H26N2O3S2. The molecule has 0 aromatic carbocycles. The van der Waals surface area contributed by atoms with E-state index in [1.807, 2.05) is 11.3 Å². The summed E-state index contributed by atoms with van der Waals surface area (Å²) in [6, 6.07) is 4.39. The lowest BCUT2D eigenvalue weighted by Crippen LogP contribution is -2.48. The summed E-state index contributed by atoms with van der Waals surface area (Å²) in [4.78, 5) is 5.24. The van der Waals surface area contributed by atoms with Crippen LogP contribution in [0.4, 0.5) is 0 Å². The Balaban J connectivity index is 1.62. The van der Waals surface area contributed by atoms with Gasteiger partial charge in [-0.15, -0.1) is 11.3 Å². The Hall–Kier alpha value is -0.470. The first-order valence-electron chi connectivity index (χ1n) is 8.17. The van der Waals surface area contributed by atoms with Gasteiger partial charge in [0.25, 0.3) is 0 Å². The van der Waals surface area contributed by atoms with Gasteiger partial charge in [0.2, 0.25) is 10.0 Å². The fraction of sp³-hybridized carbons (Fsp3) is 0.750. The van der Waals surface area contributed by atoms with Crippen molar-refractivity contribution in [2.45, 2.75) is 26.3 Å². The van der Waals surface area contributed by atoms with Gasteiger partial charge in [-0.05, 0) is 45.0 Å². The van der Waals surface area contributed by atoms with Crippen molar-refractivity contribution in [3.8, 4) is 0 Å². The molecule has 2 saturated heterocycles. The molecule has 0 unspecified atom stereocenters. The average molecular weight is 359 g/mol. The van der Waals surface area contributed by atoms with Crippen LogP contribution in [-0.2, 0) is 21.3 Å². The third-order valence-corrected chi connectivity index (χ3v) is 7.20. The molecule has 0 N–H and O–H groups in total. The molecule has 7 heteroatoms. The van der Waals surface area contributed by atoms with Gasteiger partial charge in [-0.3, -0.25) is 4.90 Å². The molecule has 0 amide bonds. The summed E-state index contributed by atoms with van der Waals surface area (Å²) < 4.78 is 31.2. The van der Waals surface area contributed by atoms with E-state index in [-0.39, 0.29) is 5.41 Å². The number of hydrogen-bond donors (Lipinski definition) is 0. The van der Waals surface area contributed by atoms with Gasteiger partial charge in [0.15, 0.2) is 0 Å².